The molecule has 1 saturated carbocycles. The van der Waals surface area contributed by atoms with Crippen LogP contribution in [0.15, 0.2) is 0 Å². The van der Waals surface area contributed by atoms with Crippen molar-refractivity contribution >= 4 is 5.97 Å². The zero-order chi connectivity index (χ0) is 13.8. The molecule has 0 heterocycles. The zero-order valence-corrected chi connectivity index (χ0v) is 12.6. The maximum Gasteiger partial charge on any atom is 0.309 e. The van der Waals surface area contributed by atoms with Gasteiger partial charge in [0, 0.05) is 0 Å². The fourth-order valence-electron chi connectivity index (χ4n) is 3.32. The summed E-state index contributed by atoms with van der Waals surface area (Å²) in [5, 5.41) is 9.63. The molecule has 1 N–H and O–H groups in total. The fourth-order valence-corrected chi connectivity index (χ4v) is 3.32. The third-order valence-electron chi connectivity index (χ3n) is 4.56. The Morgan fingerprint density at radius 2 is 2.06 bits per heavy atom. The monoisotopic (exact) mass is 254 g/mol. The molecule has 1 aliphatic carbocycles. The molecule has 2 heteroatoms. The van der Waals surface area contributed by atoms with Gasteiger partial charge < -0.3 is 5.11 Å². The fraction of sp³-hybridized carbons (Fsp3) is 0.938. The van der Waals surface area contributed by atoms with Crippen LogP contribution in [0.1, 0.15) is 79.1 Å². The summed E-state index contributed by atoms with van der Waals surface area (Å²) in [7, 11) is 0. The summed E-state index contributed by atoms with van der Waals surface area (Å²) in [5.74, 6) is 0.0824. The van der Waals surface area contributed by atoms with Crippen molar-refractivity contribution in [1.29, 1.82) is 0 Å². The molecule has 18 heavy (non-hydrogen) atoms. The molecule has 0 bridgehead atoms. The summed E-state index contributed by atoms with van der Waals surface area (Å²) in [6.07, 6.45) is 8.30. The lowest BCUT2D eigenvalue weighted by atomic mass is 9.66. The van der Waals surface area contributed by atoms with E-state index in [1.54, 1.807) is 0 Å². The van der Waals surface area contributed by atoms with Crippen LogP contribution in [-0.2, 0) is 4.79 Å². The van der Waals surface area contributed by atoms with Gasteiger partial charge in [-0.3, -0.25) is 4.79 Å². The highest BCUT2D eigenvalue weighted by molar-refractivity contribution is 5.74. The lowest BCUT2D eigenvalue weighted by Gasteiger charge is -2.38. The number of hydrogen-bond acceptors (Lipinski definition) is 1. The molecule has 0 aromatic rings. The number of hydrogen-bond donors (Lipinski definition) is 1. The second kappa shape index (κ2) is 6.08. The third-order valence-corrected chi connectivity index (χ3v) is 4.56. The van der Waals surface area contributed by atoms with Gasteiger partial charge >= 0.3 is 5.97 Å². The Labute approximate surface area is 112 Å². The molecule has 0 aromatic heterocycles. The van der Waals surface area contributed by atoms with E-state index in [-0.39, 0.29) is 0 Å². The maximum atomic E-state index is 11.7. The number of carboxylic acids is 1. The minimum atomic E-state index is -0.547. The van der Waals surface area contributed by atoms with E-state index >= 15 is 0 Å². The minimum Gasteiger partial charge on any atom is -0.481 e. The third kappa shape index (κ3) is 4.29. The van der Waals surface area contributed by atoms with Gasteiger partial charge in [0.15, 0.2) is 0 Å². The Morgan fingerprint density at radius 3 is 2.56 bits per heavy atom. The first kappa shape index (κ1) is 15.5. The van der Waals surface area contributed by atoms with Crippen molar-refractivity contribution in [1.82, 2.24) is 0 Å². The highest BCUT2D eigenvalue weighted by atomic mass is 16.4. The molecular formula is C16H30O2. The van der Waals surface area contributed by atoms with E-state index in [9.17, 15) is 9.90 Å². The molecule has 1 aliphatic rings. The van der Waals surface area contributed by atoms with Crippen LogP contribution >= 0.6 is 0 Å². The van der Waals surface area contributed by atoms with E-state index < -0.39 is 11.4 Å². The van der Waals surface area contributed by atoms with E-state index in [0.29, 0.717) is 11.3 Å². The number of rotatable bonds is 5. The second-order valence-electron chi connectivity index (χ2n) is 7.37. The largest absolute Gasteiger partial charge is 0.481 e. The number of carbonyl (C=O) groups is 1. The normalized spacial score (nSPS) is 29.2. The molecule has 0 saturated heterocycles. The molecule has 1 rings (SSSR count). The molecule has 0 aromatic carbocycles. The Kier molecular flexibility index (Phi) is 5.24. The summed E-state index contributed by atoms with van der Waals surface area (Å²) in [4.78, 5) is 11.7. The molecule has 0 aliphatic heterocycles. The van der Waals surface area contributed by atoms with Crippen LogP contribution in [0.5, 0.6) is 0 Å². The zero-order valence-electron chi connectivity index (χ0n) is 12.6. The van der Waals surface area contributed by atoms with Crippen molar-refractivity contribution in [3.8, 4) is 0 Å². The van der Waals surface area contributed by atoms with Crippen molar-refractivity contribution < 1.29 is 9.90 Å². The Bertz CT molecular complexity index is 277. The molecule has 0 spiro atoms. The van der Waals surface area contributed by atoms with Crippen LogP contribution in [0.25, 0.3) is 0 Å². The Hall–Kier alpha value is -0.530. The van der Waals surface area contributed by atoms with Crippen LogP contribution in [-0.4, -0.2) is 11.1 Å². The van der Waals surface area contributed by atoms with E-state index in [1.807, 2.05) is 0 Å². The minimum absolute atomic E-state index is 0.318. The molecule has 1 fully saturated rings. The summed E-state index contributed by atoms with van der Waals surface area (Å²) in [6.45, 7) is 8.89. The van der Waals surface area contributed by atoms with E-state index in [1.165, 1.54) is 6.42 Å². The van der Waals surface area contributed by atoms with Crippen molar-refractivity contribution in [3.63, 3.8) is 0 Å². The average Bonchev–Trinajstić information content (AvgIpc) is 2.27. The molecule has 0 radical (unpaired) electrons. The van der Waals surface area contributed by atoms with Gasteiger partial charge in [-0.05, 0) is 37.0 Å². The van der Waals surface area contributed by atoms with Crippen LogP contribution in [0, 0.1) is 16.7 Å². The summed E-state index contributed by atoms with van der Waals surface area (Å²) >= 11 is 0. The van der Waals surface area contributed by atoms with Crippen LogP contribution in [0.3, 0.4) is 0 Å². The van der Waals surface area contributed by atoms with Crippen molar-refractivity contribution in [2.75, 3.05) is 0 Å². The quantitative estimate of drug-likeness (QED) is 0.759. The number of carboxylic acid groups (broad SMARTS) is 1. The first-order valence-electron chi connectivity index (χ1n) is 7.52. The smallest absolute Gasteiger partial charge is 0.309 e. The van der Waals surface area contributed by atoms with Gasteiger partial charge in [-0.25, -0.2) is 0 Å². The van der Waals surface area contributed by atoms with Gasteiger partial charge in [0.25, 0.3) is 0 Å². The van der Waals surface area contributed by atoms with Crippen molar-refractivity contribution in [2.24, 2.45) is 16.7 Å². The molecule has 0 amide bonds. The van der Waals surface area contributed by atoms with E-state index in [0.717, 1.165) is 44.9 Å². The molecule has 106 valence electrons. The van der Waals surface area contributed by atoms with Crippen LogP contribution in [0.4, 0.5) is 0 Å². The van der Waals surface area contributed by atoms with E-state index in [4.69, 9.17) is 0 Å². The van der Waals surface area contributed by atoms with Gasteiger partial charge in [0.1, 0.15) is 0 Å². The Morgan fingerprint density at radius 1 is 1.39 bits per heavy atom. The number of aliphatic carboxylic acids is 1. The molecule has 2 nitrogen and oxygen atoms in total. The first-order chi connectivity index (χ1) is 8.29. The average molecular weight is 254 g/mol. The SMILES string of the molecule is CCC1CCCC(CCCC(C)(C)C)(C(=O)O)C1. The van der Waals surface area contributed by atoms with Crippen molar-refractivity contribution in [2.45, 2.75) is 79.1 Å². The first-order valence-corrected chi connectivity index (χ1v) is 7.52. The predicted molar refractivity (Wildman–Crippen MR) is 75.6 cm³/mol. The highest BCUT2D eigenvalue weighted by Gasteiger charge is 2.41. The lowest BCUT2D eigenvalue weighted by Crippen LogP contribution is -2.36. The topological polar surface area (TPSA) is 37.3 Å². The molecule has 2 unspecified atom stereocenters. The molecular weight excluding hydrogens is 224 g/mol. The Balaban J connectivity index is 2.60. The standard InChI is InChI=1S/C16H30O2/c1-5-13-8-6-10-16(12-13,14(17)18)11-7-9-15(2,3)4/h13H,5-12H2,1-4H3,(H,17,18). The summed E-state index contributed by atoms with van der Waals surface area (Å²) in [5.41, 5.74) is -0.0945. The van der Waals surface area contributed by atoms with Gasteiger partial charge in [0.2, 0.25) is 0 Å². The van der Waals surface area contributed by atoms with Crippen LogP contribution in [0.2, 0.25) is 0 Å². The highest BCUT2D eigenvalue weighted by Crippen LogP contribution is 2.45. The van der Waals surface area contributed by atoms with Gasteiger partial charge in [-0.2, -0.15) is 0 Å². The lowest BCUT2D eigenvalue weighted by molar-refractivity contribution is -0.153. The van der Waals surface area contributed by atoms with Gasteiger partial charge in [0.05, 0.1) is 5.41 Å². The second-order valence-corrected chi connectivity index (χ2v) is 7.37. The summed E-state index contributed by atoms with van der Waals surface area (Å²) in [6, 6.07) is 0. The summed E-state index contributed by atoms with van der Waals surface area (Å²) < 4.78 is 0. The van der Waals surface area contributed by atoms with E-state index in [2.05, 4.69) is 27.7 Å². The maximum absolute atomic E-state index is 11.7. The molecule has 2 atom stereocenters. The van der Waals surface area contributed by atoms with Gasteiger partial charge in [-0.15, -0.1) is 0 Å². The van der Waals surface area contributed by atoms with Gasteiger partial charge in [-0.1, -0.05) is 53.4 Å². The van der Waals surface area contributed by atoms with Crippen molar-refractivity contribution in [3.05, 3.63) is 0 Å². The predicted octanol–water partition coefficient (Wildman–Crippen LogP) is 4.87. The van der Waals surface area contributed by atoms with Crippen LogP contribution < -0.4 is 0 Å².